The highest BCUT2D eigenvalue weighted by Gasteiger charge is 1.98. The molecular weight excluding hydrogens is 178 g/mol. The van der Waals surface area contributed by atoms with Crippen LogP contribution in [0.15, 0.2) is 18.3 Å². The Morgan fingerprint density at radius 2 is 2.43 bits per heavy atom. The van der Waals surface area contributed by atoms with Crippen LogP contribution in [0.25, 0.3) is 6.08 Å². The number of nitrogens with zero attached hydrogens (tertiary/aromatic N) is 2. The molecule has 1 rings (SSSR count). The monoisotopic (exact) mass is 187 g/mol. The van der Waals surface area contributed by atoms with Crippen LogP contribution < -0.4 is 5.73 Å². The van der Waals surface area contributed by atoms with Crippen molar-refractivity contribution >= 4 is 18.2 Å². The molecule has 0 saturated carbocycles. The minimum Gasteiger partial charge on any atom is -0.383 e. The number of nitrogens with two attached hydrogens (primary N) is 1. The van der Waals surface area contributed by atoms with Gasteiger partial charge in [0, 0.05) is 12.6 Å². The van der Waals surface area contributed by atoms with Crippen LogP contribution in [0.2, 0.25) is 0 Å². The maximum absolute atomic E-state index is 10.0. The molecule has 1 aromatic heterocycles. The lowest BCUT2D eigenvalue weighted by Gasteiger charge is -1.96. The Kier molecular flexibility index (Phi) is 3.39. The van der Waals surface area contributed by atoms with Gasteiger partial charge in [-0.2, -0.15) is 5.26 Å². The van der Waals surface area contributed by atoms with E-state index in [0.29, 0.717) is 12.0 Å². The molecule has 0 aromatic carbocycles. The minimum atomic E-state index is 0.222. The van der Waals surface area contributed by atoms with Crippen LogP contribution >= 0.6 is 0 Å². The minimum absolute atomic E-state index is 0.222. The van der Waals surface area contributed by atoms with Gasteiger partial charge in [-0.15, -0.1) is 0 Å². The van der Waals surface area contributed by atoms with E-state index < -0.39 is 0 Å². The summed E-state index contributed by atoms with van der Waals surface area (Å²) in [4.78, 5) is 13.9. The summed E-state index contributed by atoms with van der Waals surface area (Å²) in [6.07, 6.45) is 6.12. The molecule has 0 spiro atoms. The second-order valence-electron chi connectivity index (χ2n) is 2.62. The molecule has 2 N–H and O–H groups in total. The molecule has 1 heterocycles. The van der Waals surface area contributed by atoms with Crippen LogP contribution in [0.5, 0.6) is 0 Å². The SMILES string of the molecule is N#Cc1cc(C=CCC=O)cnc1N. The second-order valence-corrected chi connectivity index (χ2v) is 2.62. The quantitative estimate of drug-likeness (QED) is 0.719. The number of hydrogen-bond acceptors (Lipinski definition) is 4. The number of aromatic nitrogens is 1. The summed E-state index contributed by atoms with van der Waals surface area (Å²) < 4.78 is 0. The van der Waals surface area contributed by atoms with Gasteiger partial charge in [-0.3, -0.25) is 0 Å². The molecule has 4 heteroatoms. The highest BCUT2D eigenvalue weighted by atomic mass is 16.1. The van der Waals surface area contributed by atoms with Gasteiger partial charge in [0.1, 0.15) is 18.2 Å². The molecule has 0 unspecified atom stereocenters. The number of anilines is 1. The number of hydrogen-bond donors (Lipinski definition) is 1. The average Bonchev–Trinajstić information content (AvgIpc) is 2.21. The number of aldehydes is 1. The standard InChI is InChI=1S/C10H9N3O/c11-6-9-5-8(3-1-2-4-14)7-13-10(9)12/h1,3-5,7H,2H2,(H2,12,13). The van der Waals surface area contributed by atoms with Crippen molar-refractivity contribution < 1.29 is 4.79 Å². The molecule has 0 fully saturated rings. The molecule has 4 nitrogen and oxygen atoms in total. The number of allylic oxidation sites excluding steroid dienone is 1. The van der Waals surface area contributed by atoms with E-state index in [4.69, 9.17) is 11.0 Å². The number of nitriles is 1. The topological polar surface area (TPSA) is 79.8 Å². The van der Waals surface area contributed by atoms with E-state index in [2.05, 4.69) is 4.98 Å². The average molecular weight is 187 g/mol. The molecule has 0 radical (unpaired) electrons. The fourth-order valence-electron chi connectivity index (χ4n) is 0.932. The highest BCUT2D eigenvalue weighted by molar-refractivity contribution is 5.60. The molecule has 0 bridgehead atoms. The summed E-state index contributed by atoms with van der Waals surface area (Å²) in [6, 6.07) is 3.56. The summed E-state index contributed by atoms with van der Waals surface area (Å²) in [5, 5.41) is 8.66. The third-order valence-electron chi connectivity index (χ3n) is 1.60. The summed E-state index contributed by atoms with van der Waals surface area (Å²) in [5.74, 6) is 0.222. The first-order valence-electron chi connectivity index (χ1n) is 4.03. The van der Waals surface area contributed by atoms with E-state index in [-0.39, 0.29) is 5.82 Å². The number of carbonyl (C=O) groups is 1. The Hall–Kier alpha value is -2.15. The van der Waals surface area contributed by atoms with Crippen LogP contribution in [0.3, 0.4) is 0 Å². The zero-order valence-corrected chi connectivity index (χ0v) is 7.47. The van der Waals surface area contributed by atoms with Crippen molar-refractivity contribution in [2.24, 2.45) is 0 Å². The summed E-state index contributed by atoms with van der Waals surface area (Å²) in [6.45, 7) is 0. The zero-order valence-electron chi connectivity index (χ0n) is 7.47. The van der Waals surface area contributed by atoms with E-state index in [0.717, 1.165) is 11.8 Å². The first-order chi connectivity index (χ1) is 6.77. The van der Waals surface area contributed by atoms with Crippen molar-refractivity contribution in [2.75, 3.05) is 5.73 Å². The third kappa shape index (κ3) is 2.42. The van der Waals surface area contributed by atoms with E-state index >= 15 is 0 Å². The Morgan fingerprint density at radius 3 is 3.07 bits per heavy atom. The molecule has 14 heavy (non-hydrogen) atoms. The van der Waals surface area contributed by atoms with Crippen molar-refractivity contribution in [1.29, 1.82) is 5.26 Å². The second kappa shape index (κ2) is 4.77. The van der Waals surface area contributed by atoms with Crippen molar-refractivity contribution in [2.45, 2.75) is 6.42 Å². The molecule has 0 atom stereocenters. The first kappa shape index (κ1) is 9.93. The van der Waals surface area contributed by atoms with Gasteiger partial charge in [0.15, 0.2) is 0 Å². The molecule has 0 saturated heterocycles. The Labute approximate surface area is 81.7 Å². The van der Waals surface area contributed by atoms with Crippen molar-refractivity contribution in [3.63, 3.8) is 0 Å². The molecule has 70 valence electrons. The Bertz CT molecular complexity index is 404. The van der Waals surface area contributed by atoms with E-state index in [9.17, 15) is 4.79 Å². The van der Waals surface area contributed by atoms with Gasteiger partial charge in [0.2, 0.25) is 0 Å². The molecule has 0 aliphatic heterocycles. The maximum Gasteiger partial charge on any atom is 0.141 e. The fourth-order valence-corrected chi connectivity index (χ4v) is 0.932. The van der Waals surface area contributed by atoms with Crippen LogP contribution in [0, 0.1) is 11.3 Å². The fraction of sp³-hybridized carbons (Fsp3) is 0.100. The molecule has 1 aromatic rings. The van der Waals surface area contributed by atoms with Crippen LogP contribution in [-0.2, 0) is 4.79 Å². The molecule has 0 amide bonds. The van der Waals surface area contributed by atoms with Crippen LogP contribution in [0.4, 0.5) is 5.82 Å². The van der Waals surface area contributed by atoms with Gasteiger partial charge in [-0.05, 0) is 11.6 Å². The van der Waals surface area contributed by atoms with Gasteiger partial charge in [-0.25, -0.2) is 4.98 Å². The lowest BCUT2D eigenvalue weighted by Crippen LogP contribution is -1.94. The van der Waals surface area contributed by atoms with Gasteiger partial charge in [0.05, 0.1) is 5.56 Å². The van der Waals surface area contributed by atoms with Crippen LogP contribution in [-0.4, -0.2) is 11.3 Å². The Morgan fingerprint density at radius 1 is 1.64 bits per heavy atom. The summed E-state index contributed by atoms with van der Waals surface area (Å²) in [5.41, 5.74) is 6.55. The summed E-state index contributed by atoms with van der Waals surface area (Å²) >= 11 is 0. The molecule has 0 aliphatic carbocycles. The lowest BCUT2D eigenvalue weighted by atomic mass is 10.2. The van der Waals surface area contributed by atoms with Crippen molar-refractivity contribution in [3.05, 3.63) is 29.5 Å². The van der Waals surface area contributed by atoms with Gasteiger partial charge in [-0.1, -0.05) is 12.2 Å². The molecular formula is C10H9N3O. The number of pyridine rings is 1. The zero-order chi connectivity index (χ0) is 10.4. The Balaban J connectivity index is 2.91. The number of rotatable bonds is 3. The maximum atomic E-state index is 10.0. The highest BCUT2D eigenvalue weighted by Crippen LogP contribution is 2.10. The van der Waals surface area contributed by atoms with Gasteiger partial charge >= 0.3 is 0 Å². The van der Waals surface area contributed by atoms with E-state index in [1.165, 1.54) is 0 Å². The normalized spacial score (nSPS) is 9.93. The smallest absolute Gasteiger partial charge is 0.141 e. The first-order valence-corrected chi connectivity index (χ1v) is 4.03. The summed E-state index contributed by atoms with van der Waals surface area (Å²) in [7, 11) is 0. The number of nitrogen functional groups attached to an aromatic ring is 1. The van der Waals surface area contributed by atoms with Gasteiger partial charge in [0.25, 0.3) is 0 Å². The predicted octanol–water partition coefficient (Wildman–Crippen LogP) is 1.14. The number of carbonyl (C=O) groups excluding carboxylic acids is 1. The lowest BCUT2D eigenvalue weighted by molar-refractivity contribution is -0.107. The van der Waals surface area contributed by atoms with E-state index in [1.54, 1.807) is 24.4 Å². The third-order valence-corrected chi connectivity index (χ3v) is 1.60. The van der Waals surface area contributed by atoms with Crippen LogP contribution in [0.1, 0.15) is 17.5 Å². The predicted molar refractivity (Wildman–Crippen MR) is 53.1 cm³/mol. The largest absolute Gasteiger partial charge is 0.383 e. The van der Waals surface area contributed by atoms with Crippen molar-refractivity contribution in [1.82, 2.24) is 4.98 Å². The van der Waals surface area contributed by atoms with Crippen molar-refractivity contribution in [3.8, 4) is 6.07 Å². The van der Waals surface area contributed by atoms with Gasteiger partial charge < -0.3 is 10.5 Å². The van der Waals surface area contributed by atoms with E-state index in [1.807, 2.05) is 6.07 Å². The molecule has 0 aliphatic rings.